The Morgan fingerprint density at radius 1 is 0.980 bits per heavy atom. The van der Waals surface area contributed by atoms with E-state index < -0.39 is 23.0 Å². The zero-order valence-corrected chi connectivity index (χ0v) is 28.7. The van der Waals surface area contributed by atoms with Crippen LogP contribution < -0.4 is 20.2 Å². The van der Waals surface area contributed by atoms with Crippen LogP contribution in [0.5, 0.6) is 5.75 Å². The predicted molar refractivity (Wildman–Crippen MR) is 187 cm³/mol. The first-order valence-electron chi connectivity index (χ1n) is 17.3. The highest BCUT2D eigenvalue weighted by Crippen LogP contribution is 2.51. The summed E-state index contributed by atoms with van der Waals surface area (Å²) in [6.45, 7) is 10.4. The van der Waals surface area contributed by atoms with Crippen molar-refractivity contribution in [2.45, 2.75) is 58.0 Å². The number of hydrogen-bond acceptors (Lipinski definition) is 8. The molecule has 1 aliphatic carbocycles. The van der Waals surface area contributed by atoms with E-state index in [2.05, 4.69) is 49.2 Å². The number of piperazine rings is 1. The van der Waals surface area contributed by atoms with Gasteiger partial charge in [0.2, 0.25) is 0 Å². The van der Waals surface area contributed by atoms with Gasteiger partial charge in [0.15, 0.2) is 0 Å². The first-order valence-corrected chi connectivity index (χ1v) is 17.3. The number of nitrogens with zero attached hydrogens (tertiary/aromatic N) is 8. The molecule has 3 aliphatic rings. The number of halogens is 2. The van der Waals surface area contributed by atoms with E-state index in [9.17, 15) is 9.18 Å². The second-order valence-corrected chi connectivity index (χ2v) is 13.8. The van der Waals surface area contributed by atoms with Gasteiger partial charge >= 0.3 is 5.69 Å². The van der Waals surface area contributed by atoms with Crippen LogP contribution in [0.3, 0.4) is 0 Å². The molecule has 4 aromatic rings. The molecule has 2 fully saturated rings. The number of aromatic nitrogens is 6. The molecule has 0 saturated carbocycles. The summed E-state index contributed by atoms with van der Waals surface area (Å²) in [6, 6.07) is 16.3. The Hall–Kier alpha value is -4.78. The fraction of sp³-hybridized carbons (Fsp3) is 0.459. The number of benzene rings is 2. The second kappa shape index (κ2) is 13.9. The van der Waals surface area contributed by atoms with E-state index in [4.69, 9.17) is 9.47 Å². The van der Waals surface area contributed by atoms with Gasteiger partial charge in [0.25, 0.3) is 0 Å². The molecule has 0 amide bonds. The normalized spacial score (nSPS) is 25.9. The molecule has 0 radical (unpaired) electrons. The van der Waals surface area contributed by atoms with Crippen LogP contribution in [0.25, 0.3) is 5.69 Å². The molecule has 11 nitrogen and oxygen atoms in total. The molecule has 0 bridgehead atoms. The monoisotopic (exact) mass is 686 g/mol. The van der Waals surface area contributed by atoms with Gasteiger partial charge in [-0.25, -0.2) is 27.8 Å². The van der Waals surface area contributed by atoms with Crippen LogP contribution >= 0.6 is 0 Å². The summed E-state index contributed by atoms with van der Waals surface area (Å²) in [6.07, 6.45) is 8.37. The Morgan fingerprint density at radius 2 is 1.64 bits per heavy atom. The number of anilines is 2. The topological polar surface area (TPSA) is 95.5 Å². The molecule has 13 heteroatoms. The van der Waals surface area contributed by atoms with Crippen LogP contribution in [0, 0.1) is 11.3 Å². The number of allylic oxidation sites excluding steroid dienone is 3. The minimum Gasteiger partial charge on any atom is -0.493 e. The Balaban J connectivity index is 0.928. The van der Waals surface area contributed by atoms with E-state index in [0.29, 0.717) is 26.2 Å². The first-order chi connectivity index (χ1) is 24.2. The number of rotatable bonds is 11. The molecule has 0 spiro atoms. The standard InChI is InChI=1S/C37H44F2N8O3/c1-4-27(2)47-35(48)46(26-42-47)32-7-5-30(6-8-32)43-15-17-44(18-16-43)31-9-11-33(12-10-31)49-21-28-20-37(50-22-28,23-45-25-40-24-41-45)36(3)14-13-29(38)19-34(36)39/h5-14,19,24-28,34H,4,15-18,20-23H2,1-3H3/t27-,28+,34?,36?,37-/m0/s1. The SMILES string of the molecule is CC[C@H](C)n1ncn(-c2ccc(N3CCN(c4ccc(OC[C@@H]5CO[C@@](Cn6cncn6)(C6(C)C=CC(F)=CC6F)C5)cc4)CC3)cc2)c1=O. The molecule has 2 aliphatic heterocycles. The zero-order chi connectivity index (χ0) is 34.9. The first kappa shape index (κ1) is 33.7. The summed E-state index contributed by atoms with van der Waals surface area (Å²) >= 11 is 0. The molecular formula is C37H44F2N8O3. The van der Waals surface area contributed by atoms with Gasteiger partial charge < -0.3 is 19.3 Å². The average Bonchev–Trinajstić information content (AvgIpc) is 3.90. The van der Waals surface area contributed by atoms with Crippen molar-refractivity contribution in [1.29, 1.82) is 0 Å². The average molecular weight is 687 g/mol. The Morgan fingerprint density at radius 3 is 2.26 bits per heavy atom. The van der Waals surface area contributed by atoms with Gasteiger partial charge in [0.05, 0.1) is 36.9 Å². The third-order valence-corrected chi connectivity index (χ3v) is 10.7. The van der Waals surface area contributed by atoms with Crippen molar-refractivity contribution in [1.82, 2.24) is 29.1 Å². The zero-order valence-electron chi connectivity index (χ0n) is 28.7. The third kappa shape index (κ3) is 6.46. The van der Waals surface area contributed by atoms with Crippen LogP contribution in [0.4, 0.5) is 20.2 Å². The lowest BCUT2D eigenvalue weighted by atomic mass is 9.66. The molecule has 4 heterocycles. The highest BCUT2D eigenvalue weighted by atomic mass is 19.1. The molecular weight excluding hydrogens is 642 g/mol. The summed E-state index contributed by atoms with van der Waals surface area (Å²) in [5.41, 5.74) is 0.899. The molecule has 2 unspecified atom stereocenters. The molecule has 0 N–H and O–H groups in total. The summed E-state index contributed by atoms with van der Waals surface area (Å²) in [4.78, 5) is 21.6. The van der Waals surface area contributed by atoms with Crippen molar-refractivity contribution in [3.8, 4) is 11.4 Å². The molecule has 2 saturated heterocycles. The lowest BCUT2D eigenvalue weighted by Crippen LogP contribution is -2.53. The maximum absolute atomic E-state index is 15.5. The summed E-state index contributed by atoms with van der Waals surface area (Å²) in [7, 11) is 0. The summed E-state index contributed by atoms with van der Waals surface area (Å²) < 4.78 is 46.8. The number of ether oxygens (including phenoxy) is 2. The number of hydrogen-bond donors (Lipinski definition) is 0. The summed E-state index contributed by atoms with van der Waals surface area (Å²) in [5.74, 6) is 0.186. The van der Waals surface area contributed by atoms with Crippen molar-refractivity contribution in [2.75, 3.05) is 49.2 Å². The molecule has 7 rings (SSSR count). The molecule has 50 heavy (non-hydrogen) atoms. The van der Waals surface area contributed by atoms with Gasteiger partial charge in [-0.15, -0.1) is 0 Å². The Labute approximate surface area is 290 Å². The molecule has 2 aromatic heterocycles. The molecule has 2 aromatic carbocycles. The van der Waals surface area contributed by atoms with E-state index >= 15 is 4.39 Å². The van der Waals surface area contributed by atoms with E-state index in [1.165, 1.54) is 17.1 Å². The smallest absolute Gasteiger partial charge is 0.350 e. The van der Waals surface area contributed by atoms with Gasteiger partial charge in [0.1, 0.15) is 42.3 Å². The van der Waals surface area contributed by atoms with E-state index in [-0.39, 0.29) is 17.6 Å². The molecule has 5 atom stereocenters. The quantitative estimate of drug-likeness (QED) is 0.203. The lowest BCUT2D eigenvalue weighted by molar-refractivity contribution is -0.107. The Bertz CT molecular complexity index is 1870. The highest BCUT2D eigenvalue weighted by molar-refractivity contribution is 5.54. The van der Waals surface area contributed by atoms with Crippen LogP contribution in [-0.4, -0.2) is 80.3 Å². The predicted octanol–water partition coefficient (Wildman–Crippen LogP) is 5.55. The largest absolute Gasteiger partial charge is 0.493 e. The lowest BCUT2D eigenvalue weighted by Gasteiger charge is -2.46. The minimum absolute atomic E-state index is 0.0111. The number of alkyl halides is 1. The van der Waals surface area contributed by atoms with Gasteiger partial charge in [-0.2, -0.15) is 10.2 Å². The van der Waals surface area contributed by atoms with Crippen molar-refractivity contribution < 1.29 is 18.3 Å². The molecule has 264 valence electrons. The van der Waals surface area contributed by atoms with E-state index in [1.54, 1.807) is 34.9 Å². The van der Waals surface area contributed by atoms with Gasteiger partial charge in [0, 0.05) is 43.5 Å². The minimum atomic E-state index is -1.55. The van der Waals surface area contributed by atoms with Crippen molar-refractivity contribution in [2.24, 2.45) is 11.3 Å². The van der Waals surface area contributed by atoms with E-state index in [1.807, 2.05) is 38.1 Å². The van der Waals surface area contributed by atoms with Crippen molar-refractivity contribution in [3.63, 3.8) is 0 Å². The third-order valence-electron chi connectivity index (χ3n) is 10.7. The fourth-order valence-electron chi connectivity index (χ4n) is 7.30. The van der Waals surface area contributed by atoms with Crippen molar-refractivity contribution >= 4 is 11.4 Å². The van der Waals surface area contributed by atoms with Crippen LogP contribution in [-0.2, 0) is 11.3 Å². The van der Waals surface area contributed by atoms with Crippen LogP contribution in [0.15, 0.2) is 96.4 Å². The van der Waals surface area contributed by atoms with Gasteiger partial charge in [-0.1, -0.05) is 19.9 Å². The van der Waals surface area contributed by atoms with Crippen LogP contribution in [0.2, 0.25) is 0 Å². The van der Waals surface area contributed by atoms with Crippen LogP contribution in [0.1, 0.15) is 39.7 Å². The maximum Gasteiger partial charge on any atom is 0.350 e. The van der Waals surface area contributed by atoms with Crippen molar-refractivity contribution in [3.05, 3.63) is 102 Å². The fourth-order valence-corrected chi connectivity index (χ4v) is 7.30. The van der Waals surface area contributed by atoms with E-state index in [0.717, 1.165) is 61.5 Å². The maximum atomic E-state index is 15.5. The van der Waals surface area contributed by atoms with Gasteiger partial charge in [-0.05, 0) is 80.4 Å². The Kier molecular flexibility index (Phi) is 9.34. The van der Waals surface area contributed by atoms with Gasteiger partial charge in [-0.3, -0.25) is 4.68 Å². The summed E-state index contributed by atoms with van der Waals surface area (Å²) in [5, 5.41) is 8.53. The highest BCUT2D eigenvalue weighted by Gasteiger charge is 2.57. The second-order valence-electron chi connectivity index (χ2n) is 13.8.